The molecule has 1 amide bonds. The number of sulfone groups is 1. The molecule has 0 saturated carbocycles. The fraction of sp³-hybridized carbons (Fsp3) is 0.304. The monoisotopic (exact) mass is 474 g/mol. The molecular formula is C23H23ClN2O3S2. The van der Waals surface area contributed by atoms with Gasteiger partial charge in [-0.2, -0.15) is 0 Å². The number of thiazole rings is 1. The third-order valence-corrected chi connectivity index (χ3v) is 8.59. The van der Waals surface area contributed by atoms with E-state index in [1.807, 2.05) is 12.1 Å². The molecule has 4 rings (SSSR count). The Morgan fingerprint density at radius 3 is 2.55 bits per heavy atom. The summed E-state index contributed by atoms with van der Waals surface area (Å²) in [5, 5.41) is 4.26. The van der Waals surface area contributed by atoms with Crippen molar-refractivity contribution in [2.45, 2.75) is 43.4 Å². The first-order chi connectivity index (χ1) is 14.8. The molecule has 1 heterocycles. The van der Waals surface area contributed by atoms with Gasteiger partial charge in [0.05, 0.1) is 22.8 Å². The van der Waals surface area contributed by atoms with Crippen LogP contribution in [0.15, 0.2) is 53.4 Å². The van der Waals surface area contributed by atoms with Crippen molar-refractivity contribution in [2.75, 3.05) is 11.1 Å². The summed E-state index contributed by atoms with van der Waals surface area (Å²) in [5.74, 6) is 0.332. The lowest BCUT2D eigenvalue weighted by Gasteiger charge is -2.21. The van der Waals surface area contributed by atoms with E-state index in [0.29, 0.717) is 11.0 Å². The smallest absolute Gasteiger partial charge is 0.230 e. The minimum Gasteiger partial charge on any atom is -0.302 e. The molecule has 2 aromatic carbocycles. The number of amides is 1. The molecule has 0 saturated heterocycles. The maximum atomic E-state index is 12.5. The van der Waals surface area contributed by atoms with Crippen molar-refractivity contribution in [3.63, 3.8) is 0 Å². The van der Waals surface area contributed by atoms with Crippen LogP contribution in [0.2, 0.25) is 5.02 Å². The highest BCUT2D eigenvalue weighted by molar-refractivity contribution is 7.91. The molecule has 1 aromatic heterocycles. The Morgan fingerprint density at radius 1 is 1.16 bits per heavy atom. The van der Waals surface area contributed by atoms with Gasteiger partial charge in [0.1, 0.15) is 0 Å². The zero-order chi connectivity index (χ0) is 22.0. The normalized spacial score (nSPS) is 16.0. The van der Waals surface area contributed by atoms with Crippen LogP contribution in [0.4, 0.5) is 5.13 Å². The van der Waals surface area contributed by atoms with E-state index in [1.54, 1.807) is 31.2 Å². The Morgan fingerprint density at radius 2 is 1.87 bits per heavy atom. The average Bonchev–Trinajstić information content (AvgIpc) is 3.16. The average molecular weight is 475 g/mol. The van der Waals surface area contributed by atoms with Crippen molar-refractivity contribution >= 4 is 43.8 Å². The molecule has 1 aliphatic rings. The molecule has 0 spiro atoms. The molecule has 162 valence electrons. The summed E-state index contributed by atoms with van der Waals surface area (Å²) >= 11 is 7.54. The number of halogens is 1. The van der Waals surface area contributed by atoms with E-state index in [4.69, 9.17) is 11.6 Å². The van der Waals surface area contributed by atoms with E-state index in [0.717, 1.165) is 35.5 Å². The Hall–Kier alpha value is -2.22. The third kappa shape index (κ3) is 5.17. The van der Waals surface area contributed by atoms with Crippen LogP contribution >= 0.6 is 22.9 Å². The number of benzene rings is 2. The fourth-order valence-corrected chi connectivity index (χ4v) is 5.89. The van der Waals surface area contributed by atoms with E-state index >= 15 is 0 Å². The summed E-state index contributed by atoms with van der Waals surface area (Å²) < 4.78 is 23.8. The van der Waals surface area contributed by atoms with E-state index in [9.17, 15) is 13.2 Å². The Labute approximate surface area is 191 Å². The number of rotatable bonds is 6. The minimum atomic E-state index is -3.24. The standard InChI is InChI=1S/C23H23ClN2O3S2/c1-2-31(28,29)19-10-3-15(4-11-19)13-22(27)26-23-25-20-12-7-17(14-21(20)30-23)16-5-8-18(24)9-6-16/h3-6,8-11,17H,2,7,12-14H2,1H3,(H,25,26,27). The predicted molar refractivity (Wildman–Crippen MR) is 125 cm³/mol. The zero-order valence-corrected chi connectivity index (χ0v) is 19.5. The first-order valence-electron chi connectivity index (χ1n) is 10.2. The molecule has 0 fully saturated rings. The number of hydrogen-bond acceptors (Lipinski definition) is 5. The number of aryl methyl sites for hydroxylation is 1. The fourth-order valence-electron chi connectivity index (χ4n) is 3.78. The van der Waals surface area contributed by atoms with E-state index in [1.165, 1.54) is 21.8 Å². The quantitative estimate of drug-likeness (QED) is 0.542. The van der Waals surface area contributed by atoms with Crippen LogP contribution in [-0.2, 0) is 33.9 Å². The minimum absolute atomic E-state index is 0.0560. The van der Waals surface area contributed by atoms with Gasteiger partial charge in [0, 0.05) is 9.90 Å². The number of anilines is 1. The maximum absolute atomic E-state index is 12.5. The number of carbonyl (C=O) groups excluding carboxylic acids is 1. The van der Waals surface area contributed by atoms with Gasteiger partial charge >= 0.3 is 0 Å². The number of hydrogen-bond donors (Lipinski definition) is 1. The van der Waals surface area contributed by atoms with Gasteiger partial charge in [-0.15, -0.1) is 11.3 Å². The lowest BCUT2D eigenvalue weighted by molar-refractivity contribution is -0.115. The molecule has 1 aliphatic carbocycles. The molecule has 8 heteroatoms. The second-order valence-electron chi connectivity index (χ2n) is 7.65. The molecule has 1 N–H and O–H groups in total. The summed E-state index contributed by atoms with van der Waals surface area (Å²) in [5.41, 5.74) is 3.11. The van der Waals surface area contributed by atoms with Gasteiger partial charge in [-0.05, 0) is 60.6 Å². The van der Waals surface area contributed by atoms with Crippen molar-refractivity contribution in [3.8, 4) is 0 Å². The Balaban J connectivity index is 1.39. The van der Waals surface area contributed by atoms with Crippen molar-refractivity contribution in [3.05, 3.63) is 75.3 Å². The lowest BCUT2D eigenvalue weighted by atomic mass is 9.85. The van der Waals surface area contributed by atoms with Crippen LogP contribution in [0.3, 0.4) is 0 Å². The topological polar surface area (TPSA) is 76.1 Å². The van der Waals surface area contributed by atoms with E-state index < -0.39 is 9.84 Å². The van der Waals surface area contributed by atoms with Gasteiger partial charge in [-0.3, -0.25) is 4.79 Å². The Bertz CT molecular complexity index is 1190. The highest BCUT2D eigenvalue weighted by atomic mass is 35.5. The zero-order valence-electron chi connectivity index (χ0n) is 17.1. The summed E-state index contributed by atoms with van der Waals surface area (Å²) in [4.78, 5) is 18.6. The van der Waals surface area contributed by atoms with E-state index in [-0.39, 0.29) is 23.0 Å². The molecular weight excluding hydrogens is 452 g/mol. The Kier molecular flexibility index (Phi) is 6.46. The number of fused-ring (bicyclic) bond motifs is 1. The van der Waals surface area contributed by atoms with Crippen LogP contribution in [0.25, 0.3) is 0 Å². The molecule has 3 aromatic rings. The van der Waals surface area contributed by atoms with Gasteiger partial charge in [-0.1, -0.05) is 42.8 Å². The number of aromatic nitrogens is 1. The molecule has 5 nitrogen and oxygen atoms in total. The van der Waals surface area contributed by atoms with Gasteiger partial charge < -0.3 is 5.32 Å². The summed E-state index contributed by atoms with van der Waals surface area (Å²) in [6.07, 6.45) is 3.00. The van der Waals surface area contributed by atoms with Crippen molar-refractivity contribution in [1.29, 1.82) is 0 Å². The number of nitrogens with one attached hydrogen (secondary N) is 1. The van der Waals surface area contributed by atoms with Crippen LogP contribution in [0.1, 0.15) is 41.0 Å². The van der Waals surface area contributed by atoms with E-state index in [2.05, 4.69) is 22.4 Å². The molecule has 31 heavy (non-hydrogen) atoms. The van der Waals surface area contributed by atoms with Crippen LogP contribution in [0, 0.1) is 0 Å². The molecule has 1 atom stereocenters. The van der Waals surface area contributed by atoms with Crippen LogP contribution in [-0.4, -0.2) is 25.1 Å². The summed E-state index contributed by atoms with van der Waals surface area (Å²) in [6, 6.07) is 14.5. The number of carbonyl (C=O) groups is 1. The molecule has 0 aliphatic heterocycles. The highest BCUT2D eigenvalue weighted by Crippen LogP contribution is 2.37. The molecule has 0 bridgehead atoms. The van der Waals surface area contributed by atoms with Crippen LogP contribution in [0.5, 0.6) is 0 Å². The third-order valence-electron chi connectivity index (χ3n) is 5.55. The second kappa shape index (κ2) is 9.10. The number of nitrogens with zero attached hydrogens (tertiary/aromatic N) is 1. The molecule has 1 unspecified atom stereocenters. The predicted octanol–water partition coefficient (Wildman–Crippen LogP) is 5.04. The van der Waals surface area contributed by atoms with Crippen molar-refractivity contribution in [1.82, 2.24) is 4.98 Å². The first-order valence-corrected chi connectivity index (χ1v) is 13.0. The first kappa shape index (κ1) is 22.0. The van der Waals surface area contributed by atoms with Gasteiger partial charge in [0.15, 0.2) is 15.0 Å². The summed E-state index contributed by atoms with van der Waals surface area (Å²) in [6.45, 7) is 1.61. The van der Waals surface area contributed by atoms with Crippen LogP contribution < -0.4 is 5.32 Å². The SMILES string of the molecule is CCS(=O)(=O)c1ccc(CC(=O)Nc2nc3c(s2)CC(c2ccc(Cl)cc2)CC3)cc1. The van der Waals surface area contributed by atoms with Gasteiger partial charge in [0.25, 0.3) is 0 Å². The highest BCUT2D eigenvalue weighted by Gasteiger charge is 2.24. The van der Waals surface area contributed by atoms with Gasteiger partial charge in [-0.25, -0.2) is 13.4 Å². The van der Waals surface area contributed by atoms with Crippen molar-refractivity contribution in [2.24, 2.45) is 0 Å². The maximum Gasteiger partial charge on any atom is 0.230 e. The van der Waals surface area contributed by atoms with Crippen molar-refractivity contribution < 1.29 is 13.2 Å². The van der Waals surface area contributed by atoms with Gasteiger partial charge in [0.2, 0.25) is 5.91 Å². The largest absolute Gasteiger partial charge is 0.302 e. The molecule has 0 radical (unpaired) electrons. The summed E-state index contributed by atoms with van der Waals surface area (Å²) in [7, 11) is -3.24. The second-order valence-corrected chi connectivity index (χ2v) is 11.5. The lowest BCUT2D eigenvalue weighted by Crippen LogP contribution is -2.14.